The number of nitrogens with zero attached hydrogens (tertiary/aromatic N) is 2. The molecule has 0 atom stereocenters. The fraction of sp³-hybridized carbons (Fsp3) is 0.250. The maximum atomic E-state index is 12.4. The van der Waals surface area contributed by atoms with Gasteiger partial charge >= 0.3 is 11.8 Å². The van der Waals surface area contributed by atoms with Crippen LogP contribution in [0.1, 0.15) is 5.56 Å². The molecule has 0 radical (unpaired) electrons. The maximum Gasteiger partial charge on any atom is 0.312 e. The molecule has 1 heterocycles. The highest BCUT2D eigenvalue weighted by Crippen LogP contribution is 2.19. The lowest BCUT2D eigenvalue weighted by atomic mass is 10.2. The van der Waals surface area contributed by atoms with Gasteiger partial charge in [0.1, 0.15) is 6.54 Å². The fourth-order valence-electron chi connectivity index (χ4n) is 2.90. The second-order valence-electron chi connectivity index (χ2n) is 6.22. The molecule has 1 saturated heterocycles. The van der Waals surface area contributed by atoms with Crippen LogP contribution in [0.25, 0.3) is 0 Å². The first kappa shape index (κ1) is 19.0. The Balaban J connectivity index is 1.56. The molecule has 140 valence electrons. The standard InChI is InChI=1S/C20H21N3O3S/c1-27-17-9-5-8-16(12-17)21-18(24)14-23-11-10-22(19(25)20(23)26)13-15-6-3-2-4-7-15/h2-9,12H,10-11,13-14H2,1H3,(H,21,24). The normalized spacial score (nSPS) is 14.4. The van der Waals surface area contributed by atoms with E-state index in [0.717, 1.165) is 10.5 Å². The van der Waals surface area contributed by atoms with Crippen molar-refractivity contribution in [3.8, 4) is 0 Å². The Hall–Kier alpha value is -2.80. The number of thioether (sulfide) groups is 1. The summed E-state index contributed by atoms with van der Waals surface area (Å²) >= 11 is 1.58. The quantitative estimate of drug-likeness (QED) is 0.613. The minimum atomic E-state index is -0.634. The Morgan fingerprint density at radius 1 is 1.00 bits per heavy atom. The van der Waals surface area contributed by atoms with Crippen LogP contribution in [0.2, 0.25) is 0 Å². The highest BCUT2D eigenvalue weighted by atomic mass is 32.2. The molecule has 0 saturated carbocycles. The summed E-state index contributed by atoms with van der Waals surface area (Å²) < 4.78 is 0. The lowest BCUT2D eigenvalue weighted by Crippen LogP contribution is -2.55. The van der Waals surface area contributed by atoms with E-state index in [1.807, 2.05) is 54.8 Å². The number of hydrogen-bond acceptors (Lipinski definition) is 4. The van der Waals surface area contributed by atoms with Crippen molar-refractivity contribution in [1.29, 1.82) is 0 Å². The van der Waals surface area contributed by atoms with Gasteiger partial charge in [0.25, 0.3) is 0 Å². The highest BCUT2D eigenvalue weighted by molar-refractivity contribution is 7.98. The van der Waals surface area contributed by atoms with E-state index in [-0.39, 0.29) is 12.5 Å². The maximum absolute atomic E-state index is 12.4. The van der Waals surface area contributed by atoms with Gasteiger partial charge < -0.3 is 15.1 Å². The van der Waals surface area contributed by atoms with E-state index in [2.05, 4.69) is 5.32 Å². The Labute approximate surface area is 162 Å². The average Bonchev–Trinajstić information content (AvgIpc) is 2.68. The molecule has 0 aromatic heterocycles. The molecule has 1 N–H and O–H groups in total. The number of benzene rings is 2. The third kappa shape index (κ3) is 4.89. The van der Waals surface area contributed by atoms with Crippen LogP contribution in [0.15, 0.2) is 59.5 Å². The van der Waals surface area contributed by atoms with Crippen LogP contribution in [-0.2, 0) is 20.9 Å². The minimum Gasteiger partial charge on any atom is -0.328 e. The van der Waals surface area contributed by atoms with E-state index in [9.17, 15) is 14.4 Å². The summed E-state index contributed by atoms with van der Waals surface area (Å²) in [5, 5.41) is 2.78. The molecule has 3 rings (SSSR count). The molecule has 0 bridgehead atoms. The minimum absolute atomic E-state index is 0.132. The smallest absolute Gasteiger partial charge is 0.312 e. The summed E-state index contributed by atoms with van der Waals surface area (Å²) in [6, 6.07) is 17.0. The van der Waals surface area contributed by atoms with Gasteiger partial charge in [-0.3, -0.25) is 14.4 Å². The van der Waals surface area contributed by atoms with Gasteiger partial charge in [0.15, 0.2) is 0 Å². The second kappa shape index (κ2) is 8.73. The number of rotatable bonds is 6. The molecule has 7 heteroatoms. The molecule has 1 aliphatic heterocycles. The number of anilines is 1. The summed E-state index contributed by atoms with van der Waals surface area (Å²) in [7, 11) is 0. The van der Waals surface area contributed by atoms with Crippen molar-refractivity contribution in [1.82, 2.24) is 9.80 Å². The van der Waals surface area contributed by atoms with Crippen LogP contribution in [0.5, 0.6) is 0 Å². The third-order valence-corrected chi connectivity index (χ3v) is 5.03. The van der Waals surface area contributed by atoms with E-state index in [1.165, 1.54) is 9.80 Å². The molecule has 0 unspecified atom stereocenters. The molecular weight excluding hydrogens is 362 g/mol. The van der Waals surface area contributed by atoms with Crippen LogP contribution in [0, 0.1) is 0 Å². The van der Waals surface area contributed by atoms with E-state index in [0.29, 0.717) is 25.3 Å². The zero-order chi connectivity index (χ0) is 19.2. The first-order valence-electron chi connectivity index (χ1n) is 8.63. The zero-order valence-electron chi connectivity index (χ0n) is 15.1. The van der Waals surface area contributed by atoms with Gasteiger partial charge in [-0.05, 0) is 30.0 Å². The fourth-order valence-corrected chi connectivity index (χ4v) is 3.35. The number of carbonyl (C=O) groups excluding carboxylic acids is 3. The molecule has 3 amide bonds. The summed E-state index contributed by atoms with van der Waals surface area (Å²) in [5.41, 5.74) is 1.65. The van der Waals surface area contributed by atoms with Crippen molar-refractivity contribution >= 4 is 35.2 Å². The van der Waals surface area contributed by atoms with Crippen molar-refractivity contribution in [2.75, 3.05) is 31.2 Å². The number of nitrogens with one attached hydrogen (secondary N) is 1. The van der Waals surface area contributed by atoms with E-state index in [1.54, 1.807) is 17.8 Å². The monoisotopic (exact) mass is 383 g/mol. The van der Waals surface area contributed by atoms with Crippen molar-refractivity contribution in [2.45, 2.75) is 11.4 Å². The van der Waals surface area contributed by atoms with Gasteiger partial charge in [-0.15, -0.1) is 11.8 Å². The summed E-state index contributed by atoms with van der Waals surface area (Å²) in [4.78, 5) is 40.9. The first-order valence-corrected chi connectivity index (χ1v) is 9.85. The molecular formula is C20H21N3O3S. The number of carbonyl (C=O) groups is 3. The molecule has 1 fully saturated rings. The Bertz CT molecular complexity index is 841. The molecule has 6 nitrogen and oxygen atoms in total. The van der Waals surface area contributed by atoms with Crippen LogP contribution >= 0.6 is 11.8 Å². The predicted octanol–water partition coefficient (Wildman–Crippen LogP) is 2.22. The SMILES string of the molecule is CSc1cccc(NC(=O)CN2CCN(Cc3ccccc3)C(=O)C2=O)c1. The summed E-state index contributed by atoms with van der Waals surface area (Å²) in [6.45, 7) is 1.02. The molecule has 27 heavy (non-hydrogen) atoms. The van der Waals surface area contributed by atoms with Crippen LogP contribution in [0.4, 0.5) is 5.69 Å². The van der Waals surface area contributed by atoms with Gasteiger partial charge in [0, 0.05) is 30.2 Å². The number of hydrogen-bond donors (Lipinski definition) is 1. The number of amides is 3. The highest BCUT2D eigenvalue weighted by Gasteiger charge is 2.33. The topological polar surface area (TPSA) is 69.7 Å². The molecule has 2 aromatic rings. The molecule has 1 aliphatic rings. The number of piperazine rings is 1. The van der Waals surface area contributed by atoms with E-state index >= 15 is 0 Å². The molecule has 2 aromatic carbocycles. The second-order valence-corrected chi connectivity index (χ2v) is 7.10. The lowest BCUT2D eigenvalue weighted by molar-refractivity contribution is -0.157. The van der Waals surface area contributed by atoms with Gasteiger partial charge in [0.2, 0.25) is 5.91 Å². The van der Waals surface area contributed by atoms with Gasteiger partial charge in [-0.25, -0.2) is 0 Å². The summed E-state index contributed by atoms with van der Waals surface area (Å²) in [5.74, 6) is -1.52. The van der Waals surface area contributed by atoms with E-state index in [4.69, 9.17) is 0 Å². The first-order chi connectivity index (χ1) is 13.1. The molecule has 0 spiro atoms. The van der Waals surface area contributed by atoms with Crippen molar-refractivity contribution < 1.29 is 14.4 Å². The molecule has 0 aliphatic carbocycles. The lowest BCUT2D eigenvalue weighted by Gasteiger charge is -2.33. The Kier molecular flexibility index (Phi) is 6.13. The third-order valence-electron chi connectivity index (χ3n) is 4.30. The van der Waals surface area contributed by atoms with Crippen molar-refractivity contribution in [3.05, 3.63) is 60.2 Å². The average molecular weight is 383 g/mol. The van der Waals surface area contributed by atoms with Gasteiger partial charge in [-0.2, -0.15) is 0 Å². The van der Waals surface area contributed by atoms with Crippen molar-refractivity contribution in [3.63, 3.8) is 0 Å². The van der Waals surface area contributed by atoms with Crippen LogP contribution in [0.3, 0.4) is 0 Å². The predicted molar refractivity (Wildman–Crippen MR) is 105 cm³/mol. The largest absolute Gasteiger partial charge is 0.328 e. The van der Waals surface area contributed by atoms with Crippen LogP contribution < -0.4 is 5.32 Å². The summed E-state index contributed by atoms with van der Waals surface area (Å²) in [6.07, 6.45) is 1.96. The van der Waals surface area contributed by atoms with Gasteiger partial charge in [0.05, 0.1) is 0 Å². The van der Waals surface area contributed by atoms with Crippen LogP contribution in [-0.4, -0.2) is 53.4 Å². The Morgan fingerprint density at radius 2 is 1.70 bits per heavy atom. The van der Waals surface area contributed by atoms with E-state index < -0.39 is 11.8 Å². The van der Waals surface area contributed by atoms with Crippen molar-refractivity contribution in [2.24, 2.45) is 0 Å². The van der Waals surface area contributed by atoms with Gasteiger partial charge in [-0.1, -0.05) is 36.4 Å². The Morgan fingerprint density at radius 3 is 2.44 bits per heavy atom. The zero-order valence-corrected chi connectivity index (χ0v) is 15.9.